The van der Waals surface area contributed by atoms with Crippen molar-refractivity contribution >= 4 is 17.6 Å². The molecule has 2 rings (SSSR count). The predicted molar refractivity (Wildman–Crippen MR) is 117 cm³/mol. The van der Waals surface area contributed by atoms with E-state index in [1.807, 2.05) is 50.2 Å². The number of methoxy groups -OCH3 is 1. The van der Waals surface area contributed by atoms with Gasteiger partial charge in [-0.2, -0.15) is 0 Å². The van der Waals surface area contributed by atoms with Crippen LogP contribution in [0, 0.1) is 0 Å². The van der Waals surface area contributed by atoms with E-state index < -0.39 is 0 Å². The van der Waals surface area contributed by atoms with Gasteiger partial charge in [0.25, 0.3) is 5.91 Å². The molecule has 0 saturated heterocycles. The molecule has 1 amide bonds. The fourth-order valence-electron chi connectivity index (χ4n) is 2.77. The maximum atomic E-state index is 11.8. The van der Waals surface area contributed by atoms with Gasteiger partial charge >= 0.3 is 0 Å². The standard InChI is InChI=1S/C22H30N4O3/c1-5-24-22(26-18-10-11-19(29-6-2)20(15-18)28-4)25-13-12-16-8-7-9-17(14-16)21(27)23-3/h7-11,14-15H,5-6,12-13H2,1-4H3,(H,23,27)(H2,24,25,26). The highest BCUT2D eigenvalue weighted by Gasteiger charge is 2.07. The van der Waals surface area contributed by atoms with Crippen molar-refractivity contribution in [3.8, 4) is 11.5 Å². The number of ether oxygens (including phenoxy) is 2. The zero-order valence-corrected chi connectivity index (χ0v) is 17.5. The smallest absolute Gasteiger partial charge is 0.251 e. The summed E-state index contributed by atoms with van der Waals surface area (Å²) in [6.45, 7) is 5.86. The number of anilines is 1. The number of benzene rings is 2. The Hall–Kier alpha value is -3.22. The second kappa shape index (κ2) is 11.6. The second-order valence-corrected chi connectivity index (χ2v) is 6.21. The van der Waals surface area contributed by atoms with Crippen molar-refractivity contribution in [2.75, 3.05) is 39.2 Å². The van der Waals surface area contributed by atoms with Crippen LogP contribution in [-0.4, -0.2) is 45.7 Å². The van der Waals surface area contributed by atoms with Crippen molar-refractivity contribution in [2.45, 2.75) is 20.3 Å². The Bertz CT molecular complexity index is 837. The van der Waals surface area contributed by atoms with Gasteiger partial charge in [-0.3, -0.25) is 9.79 Å². The summed E-state index contributed by atoms with van der Waals surface area (Å²) in [6.07, 6.45) is 0.730. The summed E-state index contributed by atoms with van der Waals surface area (Å²) < 4.78 is 11.0. The van der Waals surface area contributed by atoms with Gasteiger partial charge in [-0.15, -0.1) is 0 Å². The van der Waals surface area contributed by atoms with Crippen LogP contribution in [0.4, 0.5) is 5.69 Å². The Balaban J connectivity index is 2.06. The molecule has 156 valence electrons. The fourth-order valence-corrected chi connectivity index (χ4v) is 2.77. The molecule has 0 bridgehead atoms. The first-order valence-corrected chi connectivity index (χ1v) is 9.78. The molecule has 2 aromatic carbocycles. The second-order valence-electron chi connectivity index (χ2n) is 6.21. The molecule has 3 N–H and O–H groups in total. The van der Waals surface area contributed by atoms with E-state index >= 15 is 0 Å². The first kappa shape index (κ1) is 22.1. The SMILES string of the molecule is CCNC(=NCCc1cccc(C(=O)NC)c1)Nc1ccc(OCC)c(OC)c1. The molecule has 29 heavy (non-hydrogen) atoms. The van der Waals surface area contributed by atoms with Crippen LogP contribution in [0.15, 0.2) is 47.5 Å². The van der Waals surface area contributed by atoms with Crippen molar-refractivity contribution < 1.29 is 14.3 Å². The molecule has 7 heteroatoms. The molecule has 0 fully saturated rings. The van der Waals surface area contributed by atoms with E-state index in [1.165, 1.54) is 0 Å². The molecule has 0 spiro atoms. The average Bonchev–Trinajstić information content (AvgIpc) is 2.74. The van der Waals surface area contributed by atoms with Crippen LogP contribution in [0.5, 0.6) is 11.5 Å². The third-order valence-corrected chi connectivity index (χ3v) is 4.16. The number of rotatable bonds is 9. The molecule has 0 heterocycles. The lowest BCUT2D eigenvalue weighted by Gasteiger charge is -2.14. The molecular formula is C22H30N4O3. The van der Waals surface area contributed by atoms with Crippen LogP contribution < -0.4 is 25.4 Å². The van der Waals surface area contributed by atoms with E-state index in [0.717, 1.165) is 24.2 Å². The van der Waals surface area contributed by atoms with Gasteiger partial charge in [0.15, 0.2) is 17.5 Å². The Morgan fingerprint density at radius 1 is 1.10 bits per heavy atom. The number of aliphatic imine (C=N–C) groups is 1. The van der Waals surface area contributed by atoms with E-state index in [1.54, 1.807) is 20.2 Å². The molecule has 0 radical (unpaired) electrons. The van der Waals surface area contributed by atoms with Crippen LogP contribution in [0.1, 0.15) is 29.8 Å². The molecule has 0 saturated carbocycles. The van der Waals surface area contributed by atoms with Gasteiger partial charge in [-0.25, -0.2) is 0 Å². The van der Waals surface area contributed by atoms with Crippen LogP contribution >= 0.6 is 0 Å². The van der Waals surface area contributed by atoms with Gasteiger partial charge in [-0.05, 0) is 50.1 Å². The van der Waals surface area contributed by atoms with Gasteiger partial charge in [0.05, 0.1) is 13.7 Å². The van der Waals surface area contributed by atoms with Crippen molar-refractivity contribution in [1.29, 1.82) is 0 Å². The van der Waals surface area contributed by atoms with E-state index in [9.17, 15) is 4.79 Å². The molecule has 0 aliphatic rings. The Kier molecular flexibility index (Phi) is 8.82. The lowest BCUT2D eigenvalue weighted by Crippen LogP contribution is -2.30. The average molecular weight is 399 g/mol. The minimum absolute atomic E-state index is 0.0881. The third-order valence-electron chi connectivity index (χ3n) is 4.16. The summed E-state index contributed by atoms with van der Waals surface area (Å²) in [4.78, 5) is 16.4. The van der Waals surface area contributed by atoms with Crippen LogP contribution in [0.3, 0.4) is 0 Å². The quantitative estimate of drug-likeness (QED) is 0.447. The molecule has 0 aliphatic carbocycles. The van der Waals surface area contributed by atoms with Crippen molar-refractivity contribution in [1.82, 2.24) is 10.6 Å². The van der Waals surface area contributed by atoms with Gasteiger partial charge < -0.3 is 25.4 Å². The zero-order valence-electron chi connectivity index (χ0n) is 17.5. The zero-order chi connectivity index (χ0) is 21.1. The van der Waals surface area contributed by atoms with Crippen molar-refractivity contribution in [2.24, 2.45) is 4.99 Å². The predicted octanol–water partition coefficient (Wildman–Crippen LogP) is 3.07. The Morgan fingerprint density at radius 3 is 2.62 bits per heavy atom. The molecular weight excluding hydrogens is 368 g/mol. The first-order valence-electron chi connectivity index (χ1n) is 9.78. The fraction of sp³-hybridized carbons (Fsp3) is 0.364. The van der Waals surface area contributed by atoms with E-state index in [2.05, 4.69) is 20.9 Å². The monoisotopic (exact) mass is 398 g/mol. The number of amides is 1. The van der Waals surface area contributed by atoms with E-state index in [-0.39, 0.29) is 5.91 Å². The highest BCUT2D eigenvalue weighted by Crippen LogP contribution is 2.30. The normalized spacial score (nSPS) is 11.0. The molecule has 0 unspecified atom stereocenters. The van der Waals surface area contributed by atoms with Gasteiger partial charge in [-0.1, -0.05) is 12.1 Å². The summed E-state index contributed by atoms with van der Waals surface area (Å²) in [5.41, 5.74) is 2.57. The van der Waals surface area contributed by atoms with Crippen LogP contribution in [0.25, 0.3) is 0 Å². The van der Waals surface area contributed by atoms with Gasteiger partial charge in [0, 0.05) is 37.5 Å². The number of hydrogen-bond acceptors (Lipinski definition) is 4. The number of guanidine groups is 1. The number of carbonyl (C=O) groups excluding carboxylic acids is 1. The summed E-state index contributed by atoms with van der Waals surface area (Å²) in [6, 6.07) is 13.3. The number of nitrogens with one attached hydrogen (secondary N) is 3. The van der Waals surface area contributed by atoms with Crippen molar-refractivity contribution in [3.05, 3.63) is 53.6 Å². The van der Waals surface area contributed by atoms with Crippen LogP contribution in [-0.2, 0) is 6.42 Å². The maximum absolute atomic E-state index is 11.8. The number of carbonyl (C=O) groups is 1. The lowest BCUT2D eigenvalue weighted by atomic mass is 10.1. The van der Waals surface area contributed by atoms with E-state index in [0.29, 0.717) is 36.2 Å². The molecule has 0 aliphatic heterocycles. The molecule has 0 atom stereocenters. The maximum Gasteiger partial charge on any atom is 0.251 e. The summed E-state index contributed by atoms with van der Waals surface area (Å²) in [7, 11) is 3.25. The number of hydrogen-bond donors (Lipinski definition) is 3. The number of nitrogens with zero attached hydrogens (tertiary/aromatic N) is 1. The molecule has 0 aromatic heterocycles. The third kappa shape index (κ3) is 6.71. The summed E-state index contributed by atoms with van der Waals surface area (Å²) in [5, 5.41) is 9.17. The van der Waals surface area contributed by atoms with Crippen LogP contribution in [0.2, 0.25) is 0 Å². The van der Waals surface area contributed by atoms with Gasteiger partial charge in [0.2, 0.25) is 0 Å². The van der Waals surface area contributed by atoms with Crippen molar-refractivity contribution in [3.63, 3.8) is 0 Å². The topological polar surface area (TPSA) is 84.0 Å². The highest BCUT2D eigenvalue weighted by atomic mass is 16.5. The summed E-state index contributed by atoms with van der Waals surface area (Å²) >= 11 is 0. The van der Waals surface area contributed by atoms with Gasteiger partial charge in [0.1, 0.15) is 0 Å². The lowest BCUT2D eigenvalue weighted by molar-refractivity contribution is 0.0963. The Labute approximate surface area is 172 Å². The highest BCUT2D eigenvalue weighted by molar-refractivity contribution is 5.94. The molecule has 7 nitrogen and oxygen atoms in total. The molecule has 2 aromatic rings. The minimum atomic E-state index is -0.0881. The van der Waals surface area contributed by atoms with E-state index in [4.69, 9.17) is 9.47 Å². The summed E-state index contributed by atoms with van der Waals surface area (Å²) in [5.74, 6) is 1.97. The first-order chi connectivity index (χ1) is 14.1. The Morgan fingerprint density at radius 2 is 1.93 bits per heavy atom. The minimum Gasteiger partial charge on any atom is -0.493 e. The largest absolute Gasteiger partial charge is 0.493 e.